The quantitative estimate of drug-likeness (QED) is 0.271. The molecule has 4 rings (SSSR count). The number of pyridine rings is 2. The fourth-order valence-electron chi connectivity index (χ4n) is 2.89. The van der Waals surface area contributed by atoms with Crippen molar-refractivity contribution in [1.82, 2.24) is 30.2 Å². The maximum Gasteiger partial charge on any atom is 0.191 e. The van der Waals surface area contributed by atoms with Crippen molar-refractivity contribution in [3.63, 3.8) is 0 Å². The van der Waals surface area contributed by atoms with Gasteiger partial charge < -0.3 is 10.6 Å². The molecule has 0 radical (unpaired) electrons. The van der Waals surface area contributed by atoms with Crippen molar-refractivity contribution >= 4 is 46.4 Å². The second-order valence-corrected chi connectivity index (χ2v) is 5.80. The topological polar surface area (TPSA) is 79.5 Å². The number of hydrogen-bond donors (Lipinski definition) is 2. The summed E-state index contributed by atoms with van der Waals surface area (Å²) < 4.78 is 1.95. The molecule has 0 saturated carbocycles. The Hall–Kier alpha value is -2.75. The van der Waals surface area contributed by atoms with Crippen LogP contribution in [0.5, 0.6) is 0 Å². The van der Waals surface area contributed by atoms with Crippen LogP contribution in [0.2, 0.25) is 0 Å². The van der Waals surface area contributed by atoms with E-state index in [1.807, 2.05) is 53.2 Å². The molecule has 7 nitrogen and oxygen atoms in total. The monoisotopic (exact) mass is 473 g/mol. The number of fused-ring (bicyclic) bond motifs is 2. The highest BCUT2D eigenvalue weighted by Crippen LogP contribution is 2.15. The third-order valence-corrected chi connectivity index (χ3v) is 4.20. The highest BCUT2D eigenvalue weighted by atomic mass is 127. The predicted octanol–water partition coefficient (Wildman–Crippen LogP) is 2.76. The maximum absolute atomic E-state index is 4.49. The molecule has 0 unspecified atom stereocenters. The minimum absolute atomic E-state index is 0. The Balaban J connectivity index is 0.00000210. The molecular formula is C19H20IN7. The number of aliphatic imine (C=N–C) groups is 1. The van der Waals surface area contributed by atoms with E-state index in [-0.39, 0.29) is 24.0 Å². The number of aromatic nitrogens is 4. The number of rotatable bonds is 4. The van der Waals surface area contributed by atoms with Crippen molar-refractivity contribution in [1.29, 1.82) is 0 Å². The van der Waals surface area contributed by atoms with Gasteiger partial charge in [-0.05, 0) is 23.6 Å². The fraction of sp³-hybridized carbons (Fsp3) is 0.158. The lowest BCUT2D eigenvalue weighted by atomic mass is 10.1. The molecule has 3 aromatic heterocycles. The van der Waals surface area contributed by atoms with Gasteiger partial charge in [-0.2, -0.15) is 0 Å². The third kappa shape index (κ3) is 4.16. The second-order valence-electron chi connectivity index (χ2n) is 5.80. The summed E-state index contributed by atoms with van der Waals surface area (Å²) in [6.07, 6.45) is 3.78. The number of nitrogens with zero attached hydrogens (tertiary/aromatic N) is 5. The van der Waals surface area contributed by atoms with Crippen molar-refractivity contribution in [2.45, 2.75) is 13.1 Å². The first-order chi connectivity index (χ1) is 12.8. The van der Waals surface area contributed by atoms with Crippen LogP contribution in [-0.4, -0.2) is 32.6 Å². The van der Waals surface area contributed by atoms with Crippen molar-refractivity contribution < 1.29 is 0 Å². The van der Waals surface area contributed by atoms with E-state index in [9.17, 15) is 0 Å². The van der Waals surface area contributed by atoms with Gasteiger partial charge in [0.05, 0.1) is 18.8 Å². The first kappa shape index (κ1) is 19.0. The first-order valence-electron chi connectivity index (χ1n) is 8.41. The highest BCUT2D eigenvalue weighted by Gasteiger charge is 2.07. The van der Waals surface area contributed by atoms with Gasteiger partial charge in [0.15, 0.2) is 17.4 Å². The van der Waals surface area contributed by atoms with E-state index in [1.165, 1.54) is 5.39 Å². The van der Waals surface area contributed by atoms with Crippen LogP contribution in [0.15, 0.2) is 65.9 Å². The van der Waals surface area contributed by atoms with E-state index >= 15 is 0 Å². The molecule has 0 atom stereocenters. The molecule has 1 aromatic carbocycles. The molecule has 27 heavy (non-hydrogen) atoms. The van der Waals surface area contributed by atoms with Gasteiger partial charge >= 0.3 is 0 Å². The molecule has 0 fully saturated rings. The van der Waals surface area contributed by atoms with Crippen LogP contribution in [-0.2, 0) is 13.1 Å². The first-order valence-corrected chi connectivity index (χ1v) is 8.41. The van der Waals surface area contributed by atoms with Crippen molar-refractivity contribution in [2.24, 2.45) is 4.99 Å². The summed E-state index contributed by atoms with van der Waals surface area (Å²) in [6.45, 7) is 1.11. The molecule has 0 amide bonds. The number of nitrogens with one attached hydrogen (secondary N) is 2. The molecule has 0 saturated heterocycles. The van der Waals surface area contributed by atoms with E-state index in [4.69, 9.17) is 0 Å². The normalized spacial score (nSPS) is 11.4. The number of halogens is 1. The van der Waals surface area contributed by atoms with E-state index in [0.717, 1.165) is 22.6 Å². The Bertz CT molecular complexity index is 1070. The molecule has 0 aliphatic carbocycles. The summed E-state index contributed by atoms with van der Waals surface area (Å²) in [5.41, 5.74) is 1.81. The van der Waals surface area contributed by atoms with E-state index in [1.54, 1.807) is 7.05 Å². The molecule has 0 bridgehead atoms. The van der Waals surface area contributed by atoms with Gasteiger partial charge in [-0.15, -0.1) is 34.2 Å². The summed E-state index contributed by atoms with van der Waals surface area (Å²) >= 11 is 0. The van der Waals surface area contributed by atoms with Crippen molar-refractivity contribution in [3.05, 3.63) is 72.4 Å². The Kier molecular flexibility index (Phi) is 6.17. The lowest BCUT2D eigenvalue weighted by Gasteiger charge is -2.12. The average Bonchev–Trinajstić information content (AvgIpc) is 3.11. The van der Waals surface area contributed by atoms with Gasteiger partial charge in [0.1, 0.15) is 0 Å². The highest BCUT2D eigenvalue weighted by molar-refractivity contribution is 14.0. The maximum atomic E-state index is 4.49. The zero-order chi connectivity index (χ0) is 17.8. The lowest BCUT2D eigenvalue weighted by molar-refractivity contribution is 0.758. The third-order valence-electron chi connectivity index (χ3n) is 4.20. The van der Waals surface area contributed by atoms with Gasteiger partial charge in [0.2, 0.25) is 0 Å². The standard InChI is InChI=1S/C19H19N7.HI/c1-20-19(23-13-18-25-24-17-8-4-5-11-26(17)18)22-12-16-15-7-3-2-6-14(15)9-10-21-16;/h2-11H,12-13H2,1H3,(H2,20,22,23);1H. The van der Waals surface area contributed by atoms with Crippen LogP contribution in [0.3, 0.4) is 0 Å². The second kappa shape index (κ2) is 8.76. The van der Waals surface area contributed by atoms with Gasteiger partial charge in [-0.3, -0.25) is 14.4 Å². The SMILES string of the molecule is CN=C(NCc1nccc2ccccc12)NCc1nnc2ccccn12.I. The summed E-state index contributed by atoms with van der Waals surface area (Å²) in [5.74, 6) is 1.51. The Morgan fingerprint density at radius 3 is 2.70 bits per heavy atom. The minimum atomic E-state index is 0. The van der Waals surface area contributed by atoms with Gasteiger partial charge in [-0.25, -0.2) is 0 Å². The Labute approximate surface area is 174 Å². The van der Waals surface area contributed by atoms with Gasteiger partial charge in [0, 0.05) is 24.8 Å². The zero-order valence-corrected chi connectivity index (χ0v) is 17.2. The number of benzene rings is 1. The molecule has 0 aliphatic rings. The van der Waals surface area contributed by atoms with Gasteiger partial charge in [-0.1, -0.05) is 30.3 Å². The summed E-state index contributed by atoms with van der Waals surface area (Å²) in [5, 5.41) is 17.3. The summed E-state index contributed by atoms with van der Waals surface area (Å²) in [4.78, 5) is 8.76. The predicted molar refractivity (Wildman–Crippen MR) is 117 cm³/mol. The van der Waals surface area contributed by atoms with Crippen LogP contribution < -0.4 is 10.6 Å². The molecule has 138 valence electrons. The number of hydrogen-bond acceptors (Lipinski definition) is 4. The zero-order valence-electron chi connectivity index (χ0n) is 14.8. The molecular weight excluding hydrogens is 453 g/mol. The van der Waals surface area contributed by atoms with Crippen LogP contribution >= 0.6 is 24.0 Å². The van der Waals surface area contributed by atoms with Crippen molar-refractivity contribution in [3.8, 4) is 0 Å². The largest absolute Gasteiger partial charge is 0.351 e. The lowest BCUT2D eigenvalue weighted by Crippen LogP contribution is -2.37. The fourth-order valence-corrected chi connectivity index (χ4v) is 2.89. The Morgan fingerprint density at radius 2 is 1.81 bits per heavy atom. The summed E-state index contributed by atoms with van der Waals surface area (Å²) in [6, 6.07) is 16.1. The van der Waals surface area contributed by atoms with E-state index in [0.29, 0.717) is 19.0 Å². The average molecular weight is 473 g/mol. The van der Waals surface area contributed by atoms with Crippen LogP contribution in [0.25, 0.3) is 16.4 Å². The van der Waals surface area contributed by atoms with E-state index in [2.05, 4.69) is 42.9 Å². The van der Waals surface area contributed by atoms with Crippen molar-refractivity contribution in [2.75, 3.05) is 7.05 Å². The molecule has 2 N–H and O–H groups in total. The smallest absolute Gasteiger partial charge is 0.191 e. The molecule has 0 spiro atoms. The number of guanidine groups is 1. The molecule has 4 aromatic rings. The minimum Gasteiger partial charge on any atom is -0.351 e. The molecule has 0 aliphatic heterocycles. The van der Waals surface area contributed by atoms with Crippen LogP contribution in [0.1, 0.15) is 11.5 Å². The van der Waals surface area contributed by atoms with Gasteiger partial charge in [0.25, 0.3) is 0 Å². The van der Waals surface area contributed by atoms with Crippen LogP contribution in [0.4, 0.5) is 0 Å². The van der Waals surface area contributed by atoms with Crippen LogP contribution in [0, 0.1) is 0 Å². The summed E-state index contributed by atoms with van der Waals surface area (Å²) in [7, 11) is 1.74. The molecule has 3 heterocycles. The molecule has 8 heteroatoms. The Morgan fingerprint density at radius 1 is 1.00 bits per heavy atom. The van der Waals surface area contributed by atoms with E-state index < -0.39 is 0 Å².